The van der Waals surface area contributed by atoms with Crippen LogP contribution in [0.1, 0.15) is 22.8 Å². The van der Waals surface area contributed by atoms with Crippen LogP contribution < -0.4 is 20.7 Å². The SMILES string of the molecule is C[C@@H]1O[C@@H](OCCOCCNC(=O)COc2ccc(-c3cccc(C(=O)NCCNC(=O)OCc4ccccc4)c3)cc2)[C@H](O)[C@H](O)[C@H]1O. The molecule has 0 aliphatic carbocycles. The van der Waals surface area contributed by atoms with Crippen molar-refractivity contribution < 1.29 is 53.4 Å². The van der Waals surface area contributed by atoms with E-state index < -0.39 is 36.8 Å². The Morgan fingerprint density at radius 1 is 0.755 bits per heavy atom. The van der Waals surface area contributed by atoms with Crippen molar-refractivity contribution in [2.45, 2.75) is 44.2 Å². The highest BCUT2D eigenvalue weighted by Crippen LogP contribution is 2.24. The average molecular weight is 682 g/mol. The minimum absolute atomic E-state index is 0.0785. The smallest absolute Gasteiger partial charge is 0.407 e. The molecule has 0 unspecified atom stereocenters. The number of aliphatic hydroxyl groups is 3. The molecule has 3 aromatic rings. The minimum Gasteiger partial charge on any atom is -0.484 e. The molecule has 4 rings (SSSR count). The zero-order valence-electron chi connectivity index (χ0n) is 27.2. The maximum Gasteiger partial charge on any atom is 0.407 e. The number of hydrogen-bond acceptors (Lipinski definition) is 11. The summed E-state index contributed by atoms with van der Waals surface area (Å²) in [6.07, 6.45) is -6.27. The van der Waals surface area contributed by atoms with Gasteiger partial charge < -0.3 is 55.0 Å². The lowest BCUT2D eigenvalue weighted by Gasteiger charge is -2.38. The molecule has 3 aromatic carbocycles. The summed E-state index contributed by atoms with van der Waals surface area (Å²) < 4.78 is 26.9. The van der Waals surface area contributed by atoms with Gasteiger partial charge in [-0.05, 0) is 47.9 Å². The molecular weight excluding hydrogens is 638 g/mol. The van der Waals surface area contributed by atoms with E-state index in [9.17, 15) is 29.7 Å². The molecular formula is C35H43N3O11. The lowest BCUT2D eigenvalue weighted by atomic mass is 10.0. The van der Waals surface area contributed by atoms with Gasteiger partial charge in [-0.1, -0.05) is 54.6 Å². The van der Waals surface area contributed by atoms with Gasteiger partial charge in [0.1, 0.15) is 30.7 Å². The summed E-state index contributed by atoms with van der Waals surface area (Å²) in [6, 6.07) is 23.6. The largest absolute Gasteiger partial charge is 0.484 e. The number of nitrogens with one attached hydrogen (secondary N) is 3. The van der Waals surface area contributed by atoms with E-state index in [2.05, 4.69) is 16.0 Å². The zero-order chi connectivity index (χ0) is 35.0. The van der Waals surface area contributed by atoms with Gasteiger partial charge in [0.05, 0.1) is 25.9 Å². The lowest BCUT2D eigenvalue weighted by molar-refractivity contribution is -0.294. The second kappa shape index (κ2) is 19.4. The van der Waals surface area contributed by atoms with E-state index in [1.807, 2.05) is 48.5 Å². The number of amides is 3. The number of benzene rings is 3. The second-order valence-electron chi connectivity index (χ2n) is 11.2. The van der Waals surface area contributed by atoms with E-state index in [1.54, 1.807) is 37.3 Å². The van der Waals surface area contributed by atoms with Gasteiger partial charge in [-0.15, -0.1) is 0 Å². The maximum absolute atomic E-state index is 12.7. The van der Waals surface area contributed by atoms with Gasteiger partial charge >= 0.3 is 6.09 Å². The van der Waals surface area contributed by atoms with Crippen LogP contribution in [0.3, 0.4) is 0 Å². The van der Waals surface area contributed by atoms with Gasteiger partial charge in [0.25, 0.3) is 11.8 Å². The Bertz CT molecular complexity index is 1480. The number of hydrogen-bond donors (Lipinski definition) is 6. The van der Waals surface area contributed by atoms with Crippen molar-refractivity contribution in [1.29, 1.82) is 0 Å². The van der Waals surface area contributed by atoms with Crippen LogP contribution in [0.2, 0.25) is 0 Å². The summed E-state index contributed by atoms with van der Waals surface area (Å²) in [4.78, 5) is 36.7. The summed E-state index contributed by atoms with van der Waals surface area (Å²) in [5, 5.41) is 37.6. The van der Waals surface area contributed by atoms with Crippen molar-refractivity contribution in [2.75, 3.05) is 46.1 Å². The Morgan fingerprint density at radius 2 is 1.51 bits per heavy atom. The molecule has 264 valence electrons. The molecule has 0 aromatic heterocycles. The second-order valence-corrected chi connectivity index (χ2v) is 11.2. The summed E-state index contributed by atoms with van der Waals surface area (Å²) in [6.45, 7) is 2.68. The third kappa shape index (κ3) is 12.1. The van der Waals surface area contributed by atoms with Crippen LogP contribution in [0.25, 0.3) is 11.1 Å². The molecule has 1 fully saturated rings. The Kier molecular flexibility index (Phi) is 14.8. The first kappa shape index (κ1) is 37.3. The number of rotatable bonds is 17. The minimum atomic E-state index is -1.38. The van der Waals surface area contributed by atoms with Crippen molar-refractivity contribution in [3.8, 4) is 16.9 Å². The molecule has 1 heterocycles. The van der Waals surface area contributed by atoms with Crippen LogP contribution >= 0.6 is 0 Å². The number of ether oxygens (including phenoxy) is 5. The summed E-state index contributed by atoms with van der Waals surface area (Å²) in [5.74, 6) is -0.117. The Balaban J connectivity index is 1.08. The molecule has 5 atom stereocenters. The van der Waals surface area contributed by atoms with Gasteiger partial charge in [0.2, 0.25) is 0 Å². The summed E-state index contributed by atoms with van der Waals surface area (Å²) in [5.41, 5.74) is 3.01. The zero-order valence-corrected chi connectivity index (χ0v) is 27.2. The monoisotopic (exact) mass is 681 g/mol. The Morgan fingerprint density at radius 3 is 2.29 bits per heavy atom. The summed E-state index contributed by atoms with van der Waals surface area (Å²) in [7, 11) is 0. The van der Waals surface area contributed by atoms with Crippen LogP contribution in [-0.4, -0.2) is 110 Å². The van der Waals surface area contributed by atoms with E-state index >= 15 is 0 Å². The van der Waals surface area contributed by atoms with Gasteiger partial charge in [0.15, 0.2) is 12.9 Å². The fraction of sp³-hybridized carbons (Fsp3) is 0.400. The highest BCUT2D eigenvalue weighted by Gasteiger charge is 2.42. The van der Waals surface area contributed by atoms with Crippen LogP contribution in [0, 0.1) is 0 Å². The maximum atomic E-state index is 12.7. The van der Waals surface area contributed by atoms with Crippen LogP contribution in [0.15, 0.2) is 78.9 Å². The number of carbonyl (C=O) groups is 3. The number of alkyl carbamates (subject to hydrolysis) is 1. The van der Waals surface area contributed by atoms with Gasteiger partial charge in [-0.25, -0.2) is 4.79 Å². The van der Waals surface area contributed by atoms with Crippen molar-refractivity contribution in [3.63, 3.8) is 0 Å². The first-order valence-electron chi connectivity index (χ1n) is 15.9. The average Bonchev–Trinajstić information content (AvgIpc) is 3.13. The highest BCUT2D eigenvalue weighted by molar-refractivity contribution is 5.95. The van der Waals surface area contributed by atoms with Crippen molar-refractivity contribution in [1.82, 2.24) is 16.0 Å². The Hall–Kier alpha value is -4.57. The molecule has 0 bridgehead atoms. The molecule has 3 amide bonds. The van der Waals surface area contributed by atoms with Crippen LogP contribution in [0.4, 0.5) is 4.79 Å². The first-order chi connectivity index (χ1) is 23.7. The van der Waals surface area contributed by atoms with E-state index in [0.717, 1.165) is 16.7 Å². The molecule has 1 aliphatic heterocycles. The molecule has 49 heavy (non-hydrogen) atoms. The molecule has 1 aliphatic rings. The van der Waals surface area contributed by atoms with Crippen molar-refractivity contribution >= 4 is 17.9 Å². The first-order valence-corrected chi connectivity index (χ1v) is 15.9. The van der Waals surface area contributed by atoms with Crippen LogP contribution in [0.5, 0.6) is 5.75 Å². The van der Waals surface area contributed by atoms with Gasteiger partial charge in [-0.2, -0.15) is 0 Å². The fourth-order valence-electron chi connectivity index (χ4n) is 4.74. The molecule has 1 saturated heterocycles. The molecule has 0 saturated carbocycles. The fourth-order valence-corrected chi connectivity index (χ4v) is 4.74. The number of carbonyl (C=O) groups excluding carboxylic acids is 3. The van der Waals surface area contributed by atoms with Crippen LogP contribution in [-0.2, 0) is 30.3 Å². The van der Waals surface area contributed by atoms with E-state index in [4.69, 9.17) is 23.7 Å². The molecule has 6 N–H and O–H groups in total. The van der Waals surface area contributed by atoms with Crippen molar-refractivity contribution in [3.05, 3.63) is 90.0 Å². The van der Waals surface area contributed by atoms with E-state index in [0.29, 0.717) is 11.3 Å². The topological polar surface area (TPSA) is 194 Å². The quantitative estimate of drug-likeness (QED) is 0.113. The third-order valence-electron chi connectivity index (χ3n) is 7.46. The van der Waals surface area contributed by atoms with E-state index in [-0.39, 0.29) is 64.5 Å². The Labute approximate surface area is 284 Å². The molecule has 14 nitrogen and oxygen atoms in total. The predicted molar refractivity (Wildman–Crippen MR) is 176 cm³/mol. The highest BCUT2D eigenvalue weighted by atomic mass is 16.7. The lowest BCUT2D eigenvalue weighted by Crippen LogP contribution is -2.57. The van der Waals surface area contributed by atoms with Crippen molar-refractivity contribution in [2.24, 2.45) is 0 Å². The predicted octanol–water partition coefficient (Wildman–Crippen LogP) is 1.37. The van der Waals surface area contributed by atoms with Gasteiger partial charge in [-0.3, -0.25) is 9.59 Å². The number of aliphatic hydroxyl groups excluding tert-OH is 3. The standard InChI is InChI=1S/C35H43N3O11/c1-23-30(40)31(41)32(42)34(49-23)46-19-18-45-17-16-36-29(39)22-47-28-12-10-25(11-13-28)26-8-5-9-27(20-26)33(43)37-14-15-38-35(44)48-21-24-6-3-2-4-7-24/h2-13,20,23,30-32,34,40-42H,14-19,21-22H2,1H3,(H,36,39)(H,37,43)(H,38,44)/t23-,30-,31+,32+,34+/m0/s1. The van der Waals surface area contributed by atoms with Gasteiger partial charge in [0, 0.05) is 25.2 Å². The third-order valence-corrected chi connectivity index (χ3v) is 7.46. The molecule has 14 heteroatoms. The molecule has 0 radical (unpaired) electrons. The summed E-state index contributed by atoms with van der Waals surface area (Å²) >= 11 is 0. The molecule has 0 spiro atoms. The normalized spacial score (nSPS) is 20.2. The van der Waals surface area contributed by atoms with E-state index in [1.165, 1.54) is 0 Å².